The highest BCUT2D eigenvalue weighted by Gasteiger charge is 2.09. The first-order chi connectivity index (χ1) is 10.3. The lowest BCUT2D eigenvalue weighted by atomic mass is 10.0. The lowest BCUT2D eigenvalue weighted by molar-refractivity contribution is 1.04. The molecule has 4 heteroatoms. The number of nitrogens with zero attached hydrogens (tertiary/aromatic N) is 2. The molecule has 0 amide bonds. The third-order valence-electron chi connectivity index (χ3n) is 3.63. The molecule has 0 aliphatic carbocycles. The van der Waals surface area contributed by atoms with Gasteiger partial charge in [0.2, 0.25) is 0 Å². The average Bonchev–Trinajstić information content (AvgIpc) is 2.55. The van der Waals surface area contributed by atoms with Gasteiger partial charge in [0.05, 0.1) is 5.69 Å². The normalized spacial score (nSPS) is 11.0. The van der Waals surface area contributed by atoms with Crippen molar-refractivity contribution in [2.75, 3.05) is 0 Å². The van der Waals surface area contributed by atoms with Gasteiger partial charge in [0.25, 0.3) is 0 Å². The fourth-order valence-corrected chi connectivity index (χ4v) is 2.87. The molecule has 0 aliphatic heterocycles. The Morgan fingerprint density at radius 3 is 2.62 bits per heavy atom. The third kappa shape index (κ3) is 1.92. The first kappa shape index (κ1) is 12.2. The molecular formula is C17H11N3S. The Bertz CT molecular complexity index is 1020. The van der Waals surface area contributed by atoms with E-state index in [-0.39, 0.29) is 0 Å². The molecule has 2 aromatic heterocycles. The predicted molar refractivity (Wildman–Crippen MR) is 87.7 cm³/mol. The monoisotopic (exact) mass is 289 g/mol. The van der Waals surface area contributed by atoms with Crippen LogP contribution in [0.3, 0.4) is 0 Å². The van der Waals surface area contributed by atoms with Gasteiger partial charge in [-0.1, -0.05) is 54.7 Å². The first-order valence-electron chi connectivity index (χ1n) is 6.65. The molecule has 0 spiro atoms. The zero-order chi connectivity index (χ0) is 14.2. The summed E-state index contributed by atoms with van der Waals surface area (Å²) >= 11 is 5.33. The van der Waals surface area contributed by atoms with E-state index in [9.17, 15) is 0 Å². The molecule has 0 radical (unpaired) electrons. The van der Waals surface area contributed by atoms with E-state index >= 15 is 0 Å². The molecule has 4 rings (SSSR count). The minimum Gasteiger partial charge on any atom is -0.267 e. The van der Waals surface area contributed by atoms with E-state index in [0.29, 0.717) is 4.64 Å². The van der Waals surface area contributed by atoms with Gasteiger partial charge in [-0.25, -0.2) is 0 Å². The Balaban J connectivity index is 2.15. The van der Waals surface area contributed by atoms with E-state index in [1.807, 2.05) is 36.5 Å². The predicted octanol–water partition coefficient (Wildman–Crippen LogP) is 4.51. The Hall–Kier alpha value is -2.59. The second-order valence-electron chi connectivity index (χ2n) is 4.85. The maximum absolute atomic E-state index is 5.33. The van der Waals surface area contributed by atoms with Crippen molar-refractivity contribution in [2.45, 2.75) is 0 Å². The van der Waals surface area contributed by atoms with Gasteiger partial charge >= 0.3 is 0 Å². The van der Waals surface area contributed by atoms with E-state index < -0.39 is 0 Å². The van der Waals surface area contributed by atoms with Gasteiger partial charge in [-0.05, 0) is 11.5 Å². The maximum Gasteiger partial charge on any atom is 0.127 e. The van der Waals surface area contributed by atoms with Crippen LogP contribution in [0.1, 0.15) is 0 Å². The molecule has 21 heavy (non-hydrogen) atoms. The minimum absolute atomic E-state index is 0.663. The van der Waals surface area contributed by atoms with Crippen LogP contribution in [0.4, 0.5) is 0 Å². The molecule has 0 atom stereocenters. The van der Waals surface area contributed by atoms with Crippen LogP contribution in [0.15, 0.2) is 60.9 Å². The van der Waals surface area contributed by atoms with E-state index in [1.165, 1.54) is 0 Å². The Morgan fingerprint density at radius 2 is 1.71 bits per heavy atom. The van der Waals surface area contributed by atoms with Gasteiger partial charge in [-0.2, -0.15) is 5.10 Å². The number of benzene rings is 2. The van der Waals surface area contributed by atoms with Gasteiger partial charge in [0.15, 0.2) is 0 Å². The number of fused-ring (bicyclic) bond motifs is 2. The molecule has 2 aromatic carbocycles. The number of rotatable bonds is 1. The molecule has 100 valence electrons. The lowest BCUT2D eigenvalue weighted by Gasteiger charge is -2.08. The number of H-pyrrole nitrogens is 1. The van der Waals surface area contributed by atoms with Crippen molar-refractivity contribution >= 4 is 33.8 Å². The molecular weight excluding hydrogens is 278 g/mol. The third-order valence-corrected chi connectivity index (χ3v) is 3.94. The van der Waals surface area contributed by atoms with Crippen LogP contribution in [0.2, 0.25) is 0 Å². The largest absolute Gasteiger partial charge is 0.267 e. The smallest absolute Gasteiger partial charge is 0.127 e. The van der Waals surface area contributed by atoms with Gasteiger partial charge in [0.1, 0.15) is 4.64 Å². The minimum atomic E-state index is 0.663. The number of nitrogens with one attached hydrogen (secondary N) is 1. The molecule has 0 fully saturated rings. The Labute approximate surface area is 126 Å². The first-order valence-corrected chi connectivity index (χ1v) is 7.06. The van der Waals surface area contributed by atoms with Crippen LogP contribution >= 0.6 is 12.2 Å². The molecule has 2 heterocycles. The maximum atomic E-state index is 5.33. The number of pyridine rings is 1. The highest BCUT2D eigenvalue weighted by atomic mass is 32.1. The molecule has 0 saturated carbocycles. The van der Waals surface area contributed by atoms with Crippen molar-refractivity contribution in [3.05, 3.63) is 65.6 Å². The summed E-state index contributed by atoms with van der Waals surface area (Å²) in [5, 5.41) is 11.7. The number of aromatic amines is 1. The molecule has 0 aliphatic rings. The summed E-state index contributed by atoms with van der Waals surface area (Å²) in [5.74, 6) is 0. The quantitative estimate of drug-likeness (QED) is 0.524. The van der Waals surface area contributed by atoms with Crippen molar-refractivity contribution in [2.24, 2.45) is 0 Å². The lowest BCUT2D eigenvalue weighted by Crippen LogP contribution is -1.92. The van der Waals surface area contributed by atoms with E-state index in [0.717, 1.165) is 32.8 Å². The summed E-state index contributed by atoms with van der Waals surface area (Å²) in [6, 6.07) is 16.2. The number of hydrogen-bond donors (Lipinski definition) is 1. The summed E-state index contributed by atoms with van der Waals surface area (Å²) in [5.41, 5.74) is 1.99. The van der Waals surface area contributed by atoms with Crippen LogP contribution < -0.4 is 0 Å². The van der Waals surface area contributed by atoms with Crippen LogP contribution in [0.25, 0.3) is 32.8 Å². The fraction of sp³-hybridized carbons (Fsp3) is 0. The highest BCUT2D eigenvalue weighted by Crippen LogP contribution is 2.31. The van der Waals surface area contributed by atoms with E-state index in [1.54, 1.807) is 6.20 Å². The Kier molecular flexibility index (Phi) is 2.75. The topological polar surface area (TPSA) is 41.6 Å². The van der Waals surface area contributed by atoms with Gasteiger partial charge in [-0.3, -0.25) is 10.1 Å². The summed E-state index contributed by atoms with van der Waals surface area (Å²) in [4.78, 5) is 4.18. The van der Waals surface area contributed by atoms with E-state index in [4.69, 9.17) is 12.2 Å². The van der Waals surface area contributed by atoms with Crippen molar-refractivity contribution in [3.63, 3.8) is 0 Å². The molecule has 0 saturated heterocycles. The molecule has 3 nitrogen and oxygen atoms in total. The van der Waals surface area contributed by atoms with Crippen molar-refractivity contribution in [1.29, 1.82) is 0 Å². The zero-order valence-corrected chi connectivity index (χ0v) is 11.9. The molecule has 0 unspecified atom stereocenters. The van der Waals surface area contributed by atoms with E-state index in [2.05, 4.69) is 33.4 Å². The highest BCUT2D eigenvalue weighted by molar-refractivity contribution is 7.71. The van der Waals surface area contributed by atoms with Crippen LogP contribution in [-0.4, -0.2) is 15.2 Å². The fourth-order valence-electron chi connectivity index (χ4n) is 2.65. The summed E-state index contributed by atoms with van der Waals surface area (Å²) in [6.45, 7) is 0. The molecule has 1 N–H and O–H groups in total. The second-order valence-corrected chi connectivity index (χ2v) is 5.26. The van der Waals surface area contributed by atoms with Crippen LogP contribution in [0, 0.1) is 4.64 Å². The number of hydrogen-bond acceptors (Lipinski definition) is 3. The average molecular weight is 289 g/mol. The standard InChI is InChI=1S/C17H11N3S/c21-17-15-6-2-1-5-14(15)16(19-20-17)13-7-3-4-11-10-18-9-8-12(11)13/h1-10H,(H,20,21). The van der Waals surface area contributed by atoms with Crippen LogP contribution in [0.5, 0.6) is 0 Å². The van der Waals surface area contributed by atoms with Crippen molar-refractivity contribution in [1.82, 2.24) is 15.2 Å². The van der Waals surface area contributed by atoms with Gasteiger partial charge in [0, 0.05) is 34.1 Å². The number of aromatic nitrogens is 3. The summed E-state index contributed by atoms with van der Waals surface area (Å²) < 4.78 is 0.663. The molecule has 0 bridgehead atoms. The Morgan fingerprint density at radius 1 is 0.857 bits per heavy atom. The van der Waals surface area contributed by atoms with Gasteiger partial charge in [-0.15, -0.1) is 0 Å². The van der Waals surface area contributed by atoms with Crippen LogP contribution in [-0.2, 0) is 0 Å². The SMILES string of the molecule is S=c1[nH]nc(-c2cccc3cnccc23)c2ccccc12. The second kappa shape index (κ2) is 4.75. The summed E-state index contributed by atoms with van der Waals surface area (Å²) in [6.07, 6.45) is 3.67. The molecule has 4 aromatic rings. The van der Waals surface area contributed by atoms with Crippen molar-refractivity contribution < 1.29 is 0 Å². The zero-order valence-electron chi connectivity index (χ0n) is 11.1. The summed E-state index contributed by atoms with van der Waals surface area (Å²) in [7, 11) is 0. The van der Waals surface area contributed by atoms with Crippen molar-refractivity contribution in [3.8, 4) is 11.3 Å². The van der Waals surface area contributed by atoms with Gasteiger partial charge < -0.3 is 0 Å².